The molecule has 0 radical (unpaired) electrons. The van der Waals surface area contributed by atoms with Gasteiger partial charge in [-0.05, 0) is 55.2 Å². The van der Waals surface area contributed by atoms with Crippen molar-refractivity contribution in [1.29, 1.82) is 0 Å². The first kappa shape index (κ1) is 18.1. The molecule has 0 aliphatic heterocycles. The number of hydrogen-bond donors (Lipinski definition) is 1. The Hall–Kier alpha value is -1.75. The molecule has 1 N–H and O–H groups in total. The fourth-order valence-electron chi connectivity index (χ4n) is 4.28. The van der Waals surface area contributed by atoms with E-state index in [0.717, 1.165) is 5.92 Å². The normalized spacial score (nSPS) is 24.2. The van der Waals surface area contributed by atoms with E-state index in [1.807, 2.05) is 0 Å². The monoisotopic (exact) mass is 364 g/mol. The molecule has 2 amide bonds. The molecule has 0 saturated heterocycles. The maximum atomic E-state index is 12.4. The van der Waals surface area contributed by atoms with E-state index in [1.165, 1.54) is 37.7 Å². The number of rotatable bonds is 6. The molecule has 0 spiro atoms. The molecular formula is C19H25ClN2O3. The van der Waals surface area contributed by atoms with Crippen molar-refractivity contribution in [3.8, 4) is 5.75 Å². The topological polar surface area (TPSA) is 58.6 Å². The SMILES string of the molecule is COc1ccc(Cl)cc1NC(=O)CN(C)C(=O)C[C@@H]1C[C@H]2CC[C@@H]1C2. The van der Waals surface area contributed by atoms with Gasteiger partial charge >= 0.3 is 0 Å². The number of anilines is 1. The Kier molecular flexibility index (Phi) is 5.52. The minimum absolute atomic E-state index is 0.0231. The van der Waals surface area contributed by atoms with Crippen LogP contribution >= 0.6 is 11.6 Å². The Balaban J connectivity index is 1.52. The van der Waals surface area contributed by atoms with Gasteiger partial charge in [-0.3, -0.25) is 9.59 Å². The van der Waals surface area contributed by atoms with Crippen LogP contribution < -0.4 is 10.1 Å². The summed E-state index contributed by atoms with van der Waals surface area (Å²) < 4.78 is 5.22. The second kappa shape index (κ2) is 7.65. The molecule has 2 aliphatic carbocycles. The fraction of sp³-hybridized carbons (Fsp3) is 0.579. The van der Waals surface area contributed by atoms with Crippen LogP contribution in [-0.4, -0.2) is 37.4 Å². The molecule has 25 heavy (non-hydrogen) atoms. The molecule has 5 nitrogen and oxygen atoms in total. The molecule has 2 saturated carbocycles. The first-order chi connectivity index (χ1) is 12.0. The molecule has 0 aromatic heterocycles. The number of carbonyl (C=O) groups excluding carboxylic acids is 2. The summed E-state index contributed by atoms with van der Waals surface area (Å²) in [6.07, 6.45) is 5.62. The van der Waals surface area contributed by atoms with Gasteiger partial charge in [0.25, 0.3) is 0 Å². The van der Waals surface area contributed by atoms with Crippen LogP contribution in [-0.2, 0) is 9.59 Å². The van der Waals surface area contributed by atoms with Gasteiger partial charge in [0, 0.05) is 18.5 Å². The summed E-state index contributed by atoms with van der Waals surface area (Å²) in [6, 6.07) is 5.03. The summed E-state index contributed by atoms with van der Waals surface area (Å²) in [5.41, 5.74) is 0.508. The number of fused-ring (bicyclic) bond motifs is 2. The molecule has 2 aliphatic rings. The highest BCUT2D eigenvalue weighted by molar-refractivity contribution is 6.31. The highest BCUT2D eigenvalue weighted by Gasteiger charge is 2.40. The van der Waals surface area contributed by atoms with Gasteiger partial charge in [-0.2, -0.15) is 0 Å². The van der Waals surface area contributed by atoms with Crippen LogP contribution in [0, 0.1) is 17.8 Å². The van der Waals surface area contributed by atoms with Crippen molar-refractivity contribution in [2.45, 2.75) is 32.1 Å². The van der Waals surface area contributed by atoms with Crippen LogP contribution in [0.4, 0.5) is 5.69 Å². The largest absolute Gasteiger partial charge is 0.495 e. The zero-order valence-corrected chi connectivity index (χ0v) is 15.5. The summed E-state index contributed by atoms with van der Waals surface area (Å²) in [5, 5.41) is 3.28. The molecule has 0 heterocycles. The van der Waals surface area contributed by atoms with Gasteiger partial charge in [-0.15, -0.1) is 0 Å². The molecular weight excluding hydrogens is 340 g/mol. The van der Waals surface area contributed by atoms with Crippen LogP contribution in [0.2, 0.25) is 5.02 Å². The molecule has 0 unspecified atom stereocenters. The van der Waals surface area contributed by atoms with Gasteiger partial charge in [-0.25, -0.2) is 0 Å². The van der Waals surface area contributed by atoms with Crippen LogP contribution in [0.25, 0.3) is 0 Å². The van der Waals surface area contributed by atoms with E-state index in [2.05, 4.69) is 5.32 Å². The molecule has 136 valence electrons. The summed E-state index contributed by atoms with van der Waals surface area (Å²) in [4.78, 5) is 26.2. The number of likely N-dealkylation sites (N-methyl/N-ethyl adjacent to an activating group) is 1. The molecule has 1 aromatic rings. The third kappa shape index (κ3) is 4.27. The highest BCUT2D eigenvalue weighted by Crippen LogP contribution is 2.49. The number of amides is 2. The maximum Gasteiger partial charge on any atom is 0.244 e. The van der Waals surface area contributed by atoms with E-state index in [-0.39, 0.29) is 18.4 Å². The third-order valence-electron chi connectivity index (χ3n) is 5.56. The number of hydrogen-bond acceptors (Lipinski definition) is 3. The van der Waals surface area contributed by atoms with Gasteiger partial charge in [-0.1, -0.05) is 18.0 Å². The van der Waals surface area contributed by atoms with Crippen LogP contribution in [0.3, 0.4) is 0 Å². The van der Waals surface area contributed by atoms with E-state index < -0.39 is 0 Å². The molecule has 3 rings (SSSR count). The van der Waals surface area contributed by atoms with Gasteiger partial charge in [0.15, 0.2) is 0 Å². The van der Waals surface area contributed by atoms with Gasteiger partial charge in [0.2, 0.25) is 11.8 Å². The Morgan fingerprint density at radius 3 is 2.76 bits per heavy atom. The first-order valence-corrected chi connectivity index (χ1v) is 9.21. The van der Waals surface area contributed by atoms with Crippen molar-refractivity contribution in [3.05, 3.63) is 23.2 Å². The average molecular weight is 365 g/mol. The number of nitrogens with zero attached hydrogens (tertiary/aromatic N) is 1. The number of methoxy groups -OCH3 is 1. The average Bonchev–Trinajstić information content (AvgIpc) is 3.17. The quantitative estimate of drug-likeness (QED) is 0.839. The van der Waals surface area contributed by atoms with E-state index >= 15 is 0 Å². The summed E-state index contributed by atoms with van der Waals surface area (Å²) >= 11 is 5.97. The second-order valence-corrected chi connectivity index (χ2v) is 7.72. The Morgan fingerprint density at radius 2 is 2.12 bits per heavy atom. The molecule has 1 aromatic carbocycles. The summed E-state index contributed by atoms with van der Waals surface area (Å²) in [6.45, 7) is 0.0231. The second-order valence-electron chi connectivity index (χ2n) is 7.28. The number of ether oxygens (including phenoxy) is 1. The van der Waals surface area contributed by atoms with E-state index in [1.54, 1.807) is 25.2 Å². The summed E-state index contributed by atoms with van der Waals surface area (Å²) in [7, 11) is 3.22. The van der Waals surface area contributed by atoms with Crippen LogP contribution in [0.1, 0.15) is 32.1 Å². The lowest BCUT2D eigenvalue weighted by atomic mass is 9.86. The molecule has 3 atom stereocenters. The van der Waals surface area contributed by atoms with Crippen molar-refractivity contribution in [2.24, 2.45) is 17.8 Å². The van der Waals surface area contributed by atoms with Crippen molar-refractivity contribution in [2.75, 3.05) is 26.0 Å². The van der Waals surface area contributed by atoms with Crippen molar-refractivity contribution >= 4 is 29.1 Å². The van der Waals surface area contributed by atoms with E-state index in [4.69, 9.17) is 16.3 Å². The van der Waals surface area contributed by atoms with E-state index in [9.17, 15) is 9.59 Å². The maximum absolute atomic E-state index is 12.4. The van der Waals surface area contributed by atoms with Crippen LogP contribution in [0.5, 0.6) is 5.75 Å². The minimum atomic E-state index is -0.260. The molecule has 2 bridgehead atoms. The first-order valence-electron chi connectivity index (χ1n) is 8.83. The lowest BCUT2D eigenvalue weighted by molar-refractivity contribution is -0.134. The lowest BCUT2D eigenvalue weighted by Gasteiger charge is -2.24. The van der Waals surface area contributed by atoms with Crippen molar-refractivity contribution < 1.29 is 14.3 Å². The lowest BCUT2D eigenvalue weighted by Crippen LogP contribution is -2.36. The highest BCUT2D eigenvalue weighted by atomic mass is 35.5. The van der Waals surface area contributed by atoms with Crippen LogP contribution in [0.15, 0.2) is 18.2 Å². The van der Waals surface area contributed by atoms with Gasteiger partial charge in [0.05, 0.1) is 19.3 Å². The van der Waals surface area contributed by atoms with Crippen molar-refractivity contribution in [3.63, 3.8) is 0 Å². The Bertz CT molecular complexity index is 664. The Labute approximate surface area is 153 Å². The predicted octanol–water partition coefficient (Wildman–Crippen LogP) is 3.57. The zero-order valence-electron chi connectivity index (χ0n) is 14.8. The van der Waals surface area contributed by atoms with Gasteiger partial charge < -0.3 is 15.0 Å². The Morgan fingerprint density at radius 1 is 1.32 bits per heavy atom. The summed E-state index contributed by atoms with van der Waals surface area (Å²) in [5.74, 6) is 2.37. The number of halogens is 1. The fourth-order valence-corrected chi connectivity index (χ4v) is 4.45. The number of benzene rings is 1. The number of carbonyl (C=O) groups is 2. The standard InChI is InChI=1S/C19H25ClN2O3/c1-22(19(24)9-14-8-12-3-4-13(14)7-12)11-18(23)21-16-10-15(20)5-6-17(16)25-2/h5-6,10,12-14H,3-4,7-9,11H2,1-2H3,(H,21,23)/t12-,13+,14-/m0/s1. The third-order valence-corrected chi connectivity index (χ3v) is 5.80. The smallest absolute Gasteiger partial charge is 0.244 e. The van der Waals surface area contributed by atoms with Crippen molar-refractivity contribution in [1.82, 2.24) is 4.90 Å². The zero-order chi connectivity index (χ0) is 18.0. The van der Waals surface area contributed by atoms with Gasteiger partial charge in [0.1, 0.15) is 5.75 Å². The molecule has 2 fully saturated rings. The predicted molar refractivity (Wildman–Crippen MR) is 97.8 cm³/mol. The number of nitrogens with one attached hydrogen (secondary N) is 1. The molecule has 6 heteroatoms. The minimum Gasteiger partial charge on any atom is -0.495 e. The van der Waals surface area contributed by atoms with E-state index in [0.29, 0.717) is 34.7 Å².